The van der Waals surface area contributed by atoms with E-state index >= 15 is 0 Å². The zero-order chi connectivity index (χ0) is 13.7. The van der Waals surface area contributed by atoms with Crippen LogP contribution in [-0.2, 0) is 16.6 Å². The number of rotatable bonds is 3. The van der Waals surface area contributed by atoms with E-state index in [2.05, 4.69) is 6.07 Å². The third-order valence-electron chi connectivity index (χ3n) is 3.71. The summed E-state index contributed by atoms with van der Waals surface area (Å²) in [7, 11) is -1.02. The second-order valence-electron chi connectivity index (χ2n) is 5.03. The van der Waals surface area contributed by atoms with Crippen LogP contribution in [0, 0.1) is 17.2 Å². The Hall–Kier alpha value is -0.850. The topological polar surface area (TPSA) is 40.9 Å². The average molecular weight is 296 g/mol. The first-order chi connectivity index (χ1) is 9.22. The highest BCUT2D eigenvalue weighted by molar-refractivity contribution is 7.84. The summed E-state index contributed by atoms with van der Waals surface area (Å²) in [6.07, 6.45) is 5.10. The van der Waals surface area contributed by atoms with Gasteiger partial charge in [0.1, 0.15) is 0 Å². The van der Waals surface area contributed by atoms with Crippen LogP contribution in [0.15, 0.2) is 24.3 Å². The molecule has 0 saturated heterocycles. The van der Waals surface area contributed by atoms with E-state index < -0.39 is 10.8 Å². The highest BCUT2D eigenvalue weighted by Crippen LogP contribution is 2.29. The molecule has 1 aliphatic carbocycles. The van der Waals surface area contributed by atoms with Gasteiger partial charge in [-0.3, -0.25) is 4.21 Å². The maximum atomic E-state index is 12.5. The molecule has 2 rings (SSSR count). The van der Waals surface area contributed by atoms with E-state index in [1.807, 2.05) is 24.3 Å². The highest BCUT2D eigenvalue weighted by Gasteiger charge is 2.28. The standard InChI is InChI=1S/C15H18ClNOS/c16-14-8-5-4-7-13(14)11-19(18)15-9-3-1-2-6-12(15)10-17/h4-5,7-8,12,15H,1-3,6,9,11H2. The number of hydrogen-bond acceptors (Lipinski definition) is 2. The van der Waals surface area contributed by atoms with E-state index in [0.29, 0.717) is 10.8 Å². The molecule has 0 bridgehead atoms. The van der Waals surface area contributed by atoms with Crippen molar-refractivity contribution in [3.05, 3.63) is 34.9 Å². The van der Waals surface area contributed by atoms with Crippen LogP contribution in [-0.4, -0.2) is 9.46 Å². The van der Waals surface area contributed by atoms with Crippen LogP contribution in [0.25, 0.3) is 0 Å². The molecule has 0 spiro atoms. The molecular weight excluding hydrogens is 278 g/mol. The van der Waals surface area contributed by atoms with Crippen molar-refractivity contribution in [3.63, 3.8) is 0 Å². The minimum absolute atomic E-state index is 0.00349. The van der Waals surface area contributed by atoms with Gasteiger partial charge in [-0.2, -0.15) is 5.26 Å². The van der Waals surface area contributed by atoms with Crippen LogP contribution in [0.3, 0.4) is 0 Å². The first kappa shape index (κ1) is 14.6. The Balaban J connectivity index is 2.10. The van der Waals surface area contributed by atoms with Gasteiger partial charge in [0.15, 0.2) is 0 Å². The van der Waals surface area contributed by atoms with Gasteiger partial charge in [-0.15, -0.1) is 0 Å². The van der Waals surface area contributed by atoms with Crippen molar-refractivity contribution < 1.29 is 4.21 Å². The van der Waals surface area contributed by atoms with Gasteiger partial charge >= 0.3 is 0 Å². The molecule has 0 aromatic heterocycles. The largest absolute Gasteiger partial charge is 0.259 e. The minimum Gasteiger partial charge on any atom is -0.259 e. The summed E-state index contributed by atoms with van der Waals surface area (Å²) in [6.45, 7) is 0. The quantitative estimate of drug-likeness (QED) is 0.789. The predicted molar refractivity (Wildman–Crippen MR) is 79.3 cm³/mol. The second kappa shape index (κ2) is 7.07. The summed E-state index contributed by atoms with van der Waals surface area (Å²) in [5.41, 5.74) is 0.920. The number of halogens is 1. The molecule has 1 aromatic rings. The van der Waals surface area contributed by atoms with Crippen molar-refractivity contribution in [3.8, 4) is 6.07 Å². The summed E-state index contributed by atoms with van der Waals surface area (Å²) in [6, 6.07) is 9.87. The summed E-state index contributed by atoms with van der Waals surface area (Å²) in [4.78, 5) is 0. The second-order valence-corrected chi connectivity index (χ2v) is 7.09. The zero-order valence-electron chi connectivity index (χ0n) is 10.8. The lowest BCUT2D eigenvalue weighted by Gasteiger charge is -2.19. The van der Waals surface area contributed by atoms with E-state index in [1.54, 1.807) is 0 Å². The summed E-state index contributed by atoms with van der Waals surface area (Å²) in [5, 5.41) is 9.91. The molecule has 0 radical (unpaired) electrons. The number of benzene rings is 1. The lowest BCUT2D eigenvalue weighted by Crippen LogP contribution is -2.24. The van der Waals surface area contributed by atoms with Crippen molar-refractivity contribution in [1.82, 2.24) is 0 Å². The van der Waals surface area contributed by atoms with E-state index in [-0.39, 0.29) is 11.2 Å². The van der Waals surface area contributed by atoms with Crippen molar-refractivity contribution >= 4 is 22.4 Å². The average Bonchev–Trinajstić information content (AvgIpc) is 2.66. The molecule has 3 unspecified atom stereocenters. The lowest BCUT2D eigenvalue weighted by atomic mass is 10.0. The Morgan fingerprint density at radius 2 is 2.00 bits per heavy atom. The van der Waals surface area contributed by atoms with Crippen LogP contribution in [0.4, 0.5) is 0 Å². The molecular formula is C15H18ClNOS. The fourth-order valence-corrected chi connectivity index (χ4v) is 4.66. The Labute approximate surface area is 122 Å². The van der Waals surface area contributed by atoms with Gasteiger partial charge in [-0.1, -0.05) is 49.1 Å². The molecule has 1 aromatic carbocycles. The summed E-state index contributed by atoms with van der Waals surface area (Å²) >= 11 is 6.11. The third-order valence-corrected chi connectivity index (χ3v) is 5.92. The normalized spacial score (nSPS) is 25.3. The van der Waals surface area contributed by atoms with Gasteiger partial charge in [-0.05, 0) is 24.5 Å². The molecule has 102 valence electrons. The van der Waals surface area contributed by atoms with Crippen molar-refractivity contribution in [2.45, 2.75) is 43.1 Å². The Morgan fingerprint density at radius 1 is 1.26 bits per heavy atom. The van der Waals surface area contributed by atoms with Crippen LogP contribution in [0.2, 0.25) is 5.02 Å². The van der Waals surface area contributed by atoms with Gasteiger partial charge < -0.3 is 0 Å². The van der Waals surface area contributed by atoms with Crippen LogP contribution in [0.1, 0.15) is 37.7 Å². The maximum Gasteiger partial charge on any atom is 0.0668 e. The van der Waals surface area contributed by atoms with Gasteiger partial charge in [0, 0.05) is 15.8 Å². The number of nitrogens with zero attached hydrogens (tertiary/aromatic N) is 1. The molecule has 2 nitrogen and oxygen atoms in total. The Kier molecular flexibility index (Phi) is 5.42. The Morgan fingerprint density at radius 3 is 2.74 bits per heavy atom. The minimum atomic E-state index is -1.02. The fraction of sp³-hybridized carbons (Fsp3) is 0.533. The monoisotopic (exact) mass is 295 g/mol. The molecule has 1 saturated carbocycles. The van der Waals surface area contributed by atoms with E-state index in [0.717, 1.165) is 37.7 Å². The van der Waals surface area contributed by atoms with Gasteiger partial charge in [0.2, 0.25) is 0 Å². The molecule has 0 N–H and O–H groups in total. The van der Waals surface area contributed by atoms with Gasteiger partial charge in [0.25, 0.3) is 0 Å². The molecule has 0 heterocycles. The first-order valence-corrected chi connectivity index (χ1v) is 8.48. The van der Waals surface area contributed by atoms with E-state index in [4.69, 9.17) is 11.6 Å². The Bertz CT molecular complexity index is 497. The fourth-order valence-electron chi connectivity index (χ4n) is 2.61. The molecule has 19 heavy (non-hydrogen) atoms. The number of nitriles is 1. The SMILES string of the molecule is N#CC1CCCCCC1S(=O)Cc1ccccc1Cl. The van der Waals surface area contributed by atoms with Crippen LogP contribution in [0.5, 0.6) is 0 Å². The zero-order valence-corrected chi connectivity index (χ0v) is 12.4. The molecule has 3 atom stereocenters. The molecule has 1 aliphatic rings. The van der Waals surface area contributed by atoms with Crippen LogP contribution >= 0.6 is 11.6 Å². The molecule has 0 aliphatic heterocycles. The molecule has 1 fully saturated rings. The summed E-state index contributed by atoms with van der Waals surface area (Å²) in [5.74, 6) is 0.397. The molecule has 4 heteroatoms. The predicted octanol–water partition coefficient (Wildman–Crippen LogP) is 4.06. The van der Waals surface area contributed by atoms with Crippen molar-refractivity contribution in [1.29, 1.82) is 5.26 Å². The first-order valence-electron chi connectivity index (χ1n) is 6.72. The van der Waals surface area contributed by atoms with Gasteiger partial charge in [0.05, 0.1) is 23.0 Å². The van der Waals surface area contributed by atoms with E-state index in [9.17, 15) is 9.47 Å². The van der Waals surface area contributed by atoms with Gasteiger partial charge in [-0.25, -0.2) is 0 Å². The lowest BCUT2D eigenvalue weighted by molar-refractivity contribution is 0.564. The van der Waals surface area contributed by atoms with Crippen molar-refractivity contribution in [2.24, 2.45) is 5.92 Å². The van der Waals surface area contributed by atoms with Crippen molar-refractivity contribution in [2.75, 3.05) is 0 Å². The number of hydrogen-bond donors (Lipinski definition) is 0. The third kappa shape index (κ3) is 3.81. The highest BCUT2D eigenvalue weighted by atomic mass is 35.5. The smallest absolute Gasteiger partial charge is 0.0668 e. The van der Waals surface area contributed by atoms with Crippen LogP contribution < -0.4 is 0 Å². The maximum absolute atomic E-state index is 12.5. The van der Waals surface area contributed by atoms with E-state index in [1.165, 1.54) is 0 Å². The summed E-state index contributed by atoms with van der Waals surface area (Å²) < 4.78 is 12.5. The molecule has 0 amide bonds.